The van der Waals surface area contributed by atoms with Crippen molar-refractivity contribution < 1.29 is 24.3 Å². The molecule has 3 aliphatic carbocycles. The predicted octanol–water partition coefficient (Wildman–Crippen LogP) is 13.6. The topological polar surface area (TPSA) is 137 Å². The van der Waals surface area contributed by atoms with Crippen LogP contribution in [-0.4, -0.2) is 34.2 Å². The van der Waals surface area contributed by atoms with Crippen molar-refractivity contribution in [2.24, 2.45) is 11.3 Å². The van der Waals surface area contributed by atoms with Crippen molar-refractivity contribution >= 4 is 51.8 Å². The summed E-state index contributed by atoms with van der Waals surface area (Å²) < 4.78 is 0. The lowest BCUT2D eigenvalue weighted by atomic mass is 9.63. The van der Waals surface area contributed by atoms with Gasteiger partial charge in [-0.25, -0.2) is 0 Å². The molecule has 3 aliphatic rings. The second-order valence-corrected chi connectivity index (χ2v) is 19.3. The number of ketones is 1. The number of rotatable bonds is 16. The number of aromatic hydroxyl groups is 1. The molecule has 5 N–H and O–H groups in total. The maximum absolute atomic E-state index is 13.9. The lowest BCUT2D eigenvalue weighted by molar-refractivity contribution is -0.113. The van der Waals surface area contributed by atoms with E-state index in [1.165, 1.54) is 46.0 Å². The number of phenolic OH excluding ortho intramolecular Hbond substituents is 1. The predicted molar refractivity (Wildman–Crippen MR) is 280 cm³/mol. The molecule has 0 saturated carbocycles. The van der Waals surface area contributed by atoms with Crippen LogP contribution in [0.2, 0.25) is 0 Å². The Morgan fingerprint density at radius 1 is 0.681 bits per heavy atom. The summed E-state index contributed by atoms with van der Waals surface area (Å²) in [4.78, 5) is 54.2. The van der Waals surface area contributed by atoms with Crippen LogP contribution in [0.1, 0.15) is 136 Å². The highest BCUT2D eigenvalue weighted by atomic mass is 16.3. The fourth-order valence-corrected chi connectivity index (χ4v) is 10.1. The van der Waals surface area contributed by atoms with Crippen molar-refractivity contribution in [3.8, 4) is 5.75 Å². The molecule has 3 amide bonds. The molecule has 0 bridgehead atoms. The van der Waals surface area contributed by atoms with Gasteiger partial charge in [-0.2, -0.15) is 0 Å². The number of carbonyl (C=O) groups excluding carboxylic acids is 4. The largest absolute Gasteiger partial charge is 0.506 e. The van der Waals surface area contributed by atoms with Crippen LogP contribution in [0, 0.1) is 11.3 Å². The number of hydrogen-bond acceptors (Lipinski definition) is 6. The Labute approximate surface area is 406 Å². The van der Waals surface area contributed by atoms with Gasteiger partial charge in [0.1, 0.15) is 5.75 Å². The zero-order valence-electron chi connectivity index (χ0n) is 40.9. The molecule has 0 heterocycles. The summed E-state index contributed by atoms with van der Waals surface area (Å²) in [6.45, 7) is 14.9. The molecule has 2 atom stereocenters. The average Bonchev–Trinajstić information content (AvgIpc) is 3.69. The lowest BCUT2D eigenvalue weighted by Gasteiger charge is -2.39. The van der Waals surface area contributed by atoms with E-state index in [1.54, 1.807) is 30.3 Å². The van der Waals surface area contributed by atoms with Gasteiger partial charge in [0.25, 0.3) is 17.7 Å². The SMILES string of the molecule is CCC(C)(CC)Nc1ccc(C2(c3ccc(NC(=O)C4=CCCC(C(=O)Nc5ccc(O)c(NC(=O)c6cccc(C(=O)C(C)(CC)CC)c6)c5)=C4)cc3)C3=C(C=CCC3C)c3ccccc32)cc1. The minimum Gasteiger partial charge on any atom is -0.506 e. The smallest absolute Gasteiger partial charge is 0.255 e. The van der Waals surface area contributed by atoms with E-state index in [2.05, 4.69) is 122 Å². The van der Waals surface area contributed by atoms with Crippen LogP contribution in [0.3, 0.4) is 0 Å². The summed E-state index contributed by atoms with van der Waals surface area (Å²) in [5.41, 5.74) is 10.0. The van der Waals surface area contributed by atoms with Crippen molar-refractivity contribution in [2.75, 3.05) is 21.3 Å². The molecule has 9 nitrogen and oxygen atoms in total. The Balaban J connectivity index is 0.989. The monoisotopic (exact) mass is 920 g/mol. The molecule has 8 rings (SSSR count). The van der Waals surface area contributed by atoms with E-state index in [-0.39, 0.29) is 34.2 Å². The van der Waals surface area contributed by atoms with E-state index in [0.717, 1.165) is 30.5 Å². The Hall–Kier alpha value is -7.26. The quantitative estimate of drug-likeness (QED) is 0.0380. The van der Waals surface area contributed by atoms with E-state index < -0.39 is 22.6 Å². The number of allylic oxidation sites excluding steroid dienone is 5. The van der Waals surface area contributed by atoms with E-state index in [0.29, 0.717) is 59.7 Å². The lowest BCUT2D eigenvalue weighted by Crippen LogP contribution is -2.34. The van der Waals surface area contributed by atoms with E-state index in [4.69, 9.17) is 0 Å². The number of Topliss-reactive ketones (excluding diaryl/α,β-unsaturated/α-hetero) is 1. The highest BCUT2D eigenvalue weighted by Crippen LogP contribution is 2.58. The summed E-state index contributed by atoms with van der Waals surface area (Å²) in [5.74, 6) is -1.17. The third-order valence-corrected chi connectivity index (χ3v) is 15.1. The van der Waals surface area contributed by atoms with Crippen LogP contribution in [0.4, 0.5) is 22.7 Å². The summed E-state index contributed by atoms with van der Waals surface area (Å²) in [7, 11) is 0. The zero-order chi connectivity index (χ0) is 49.1. The van der Waals surface area contributed by atoms with Crippen molar-refractivity contribution in [3.63, 3.8) is 0 Å². The number of nitrogens with one attached hydrogen (secondary N) is 4. The van der Waals surface area contributed by atoms with Crippen LogP contribution in [0.15, 0.2) is 156 Å². The van der Waals surface area contributed by atoms with Gasteiger partial charge in [-0.05, 0) is 152 Å². The maximum atomic E-state index is 13.9. The molecule has 0 aliphatic heterocycles. The van der Waals surface area contributed by atoms with Gasteiger partial charge in [0.15, 0.2) is 5.78 Å². The number of amides is 3. The first-order chi connectivity index (χ1) is 33.2. The molecule has 5 aromatic rings. The van der Waals surface area contributed by atoms with Crippen molar-refractivity contribution in [1.29, 1.82) is 0 Å². The van der Waals surface area contributed by atoms with Crippen molar-refractivity contribution in [2.45, 2.75) is 104 Å². The van der Waals surface area contributed by atoms with E-state index >= 15 is 0 Å². The molecule has 69 heavy (non-hydrogen) atoms. The Kier molecular flexibility index (Phi) is 13.8. The van der Waals surface area contributed by atoms with Crippen LogP contribution >= 0.6 is 0 Å². The molecular formula is C60H64N4O5. The normalized spacial score (nSPS) is 17.5. The molecule has 0 radical (unpaired) electrons. The summed E-state index contributed by atoms with van der Waals surface area (Å²) in [5, 5.41) is 23.1. The van der Waals surface area contributed by atoms with Crippen LogP contribution in [-0.2, 0) is 15.0 Å². The number of phenols is 1. The summed E-state index contributed by atoms with van der Waals surface area (Å²) >= 11 is 0. The van der Waals surface area contributed by atoms with Crippen molar-refractivity contribution in [1.82, 2.24) is 0 Å². The molecule has 0 spiro atoms. The number of carbonyl (C=O) groups is 4. The third-order valence-electron chi connectivity index (χ3n) is 15.1. The van der Waals surface area contributed by atoms with Crippen molar-refractivity contribution in [3.05, 3.63) is 190 Å². The fraction of sp³-hybridized carbons (Fsp3) is 0.300. The Morgan fingerprint density at radius 2 is 1.32 bits per heavy atom. The molecule has 354 valence electrons. The standard InChI is InChI=1S/C60H64N4O5/c1-8-58(6,9-2)54(66)39-18-15-19-40(35-39)57(69)63-51-37-47(33-34-52(51)65)62-56(68)42-21-16-20-41(36-42)55(67)61-45-29-25-43(26-30-45)60(44-27-31-46(32-28-44)64-59(7,10-3)11-4)50-24-13-12-22-48(50)49-23-14-17-38(5)53(49)60/h12-15,18-20,22-38,64-65H,8-11,16-17,21H2,1-7H3,(H,61,67)(H,62,68)(H,63,69). The van der Waals surface area contributed by atoms with Crippen LogP contribution in [0.25, 0.3) is 5.57 Å². The van der Waals surface area contributed by atoms with Gasteiger partial charge in [0.05, 0.1) is 11.1 Å². The zero-order valence-corrected chi connectivity index (χ0v) is 40.9. The van der Waals surface area contributed by atoms with E-state index in [9.17, 15) is 24.3 Å². The average molecular weight is 921 g/mol. The summed E-state index contributed by atoms with van der Waals surface area (Å²) in [6.07, 6.45) is 13.3. The van der Waals surface area contributed by atoms with Gasteiger partial charge in [0.2, 0.25) is 0 Å². The molecule has 2 unspecified atom stereocenters. The number of anilines is 4. The highest BCUT2D eigenvalue weighted by molar-refractivity contribution is 6.11. The van der Waals surface area contributed by atoms with Gasteiger partial charge in [0, 0.05) is 50.3 Å². The first-order valence-corrected chi connectivity index (χ1v) is 24.5. The second kappa shape index (κ2) is 19.8. The molecule has 9 heteroatoms. The van der Waals surface area contributed by atoms with Gasteiger partial charge in [-0.15, -0.1) is 0 Å². The molecule has 0 aromatic heterocycles. The number of benzene rings is 5. The molecule has 0 saturated heterocycles. The van der Waals surface area contributed by atoms with Gasteiger partial charge < -0.3 is 26.4 Å². The Bertz CT molecular complexity index is 2930. The van der Waals surface area contributed by atoms with Gasteiger partial charge >= 0.3 is 0 Å². The first-order valence-electron chi connectivity index (χ1n) is 24.5. The molecule has 5 aromatic carbocycles. The molecular weight excluding hydrogens is 857 g/mol. The minimum absolute atomic E-state index is 0.00128. The van der Waals surface area contributed by atoms with Gasteiger partial charge in [-0.3, -0.25) is 19.2 Å². The minimum atomic E-state index is -0.546. The Morgan fingerprint density at radius 3 is 2.00 bits per heavy atom. The summed E-state index contributed by atoms with van der Waals surface area (Å²) in [6, 6.07) is 36.9. The maximum Gasteiger partial charge on any atom is 0.255 e. The first kappa shape index (κ1) is 48.2. The van der Waals surface area contributed by atoms with Gasteiger partial charge in [-0.1, -0.05) is 120 Å². The third kappa shape index (κ3) is 9.35. The second-order valence-electron chi connectivity index (χ2n) is 19.3. The fourth-order valence-electron chi connectivity index (χ4n) is 10.1. The van der Waals surface area contributed by atoms with Crippen LogP contribution in [0.5, 0.6) is 5.75 Å². The molecule has 0 fully saturated rings. The number of fused-ring (bicyclic) bond motifs is 2. The number of hydrogen-bond donors (Lipinski definition) is 5. The van der Waals surface area contributed by atoms with Crippen LogP contribution < -0.4 is 21.3 Å². The highest BCUT2D eigenvalue weighted by Gasteiger charge is 2.49. The van der Waals surface area contributed by atoms with E-state index in [1.807, 2.05) is 39.0 Å².